The third kappa shape index (κ3) is 11.0. The summed E-state index contributed by atoms with van der Waals surface area (Å²) < 4.78 is 0. The monoisotopic (exact) mass is 336 g/mol. The Morgan fingerprint density at radius 2 is 1.79 bits per heavy atom. The van der Waals surface area contributed by atoms with Crippen LogP contribution in [0.2, 0.25) is 0 Å². The van der Waals surface area contributed by atoms with Crippen LogP contribution in [0.15, 0.2) is 23.8 Å². The van der Waals surface area contributed by atoms with Crippen molar-refractivity contribution >= 4 is 11.8 Å². The second-order valence-corrected chi connectivity index (χ2v) is 6.48. The average Bonchev–Trinajstić information content (AvgIpc) is 2.56. The van der Waals surface area contributed by atoms with Crippen LogP contribution in [0.4, 0.5) is 0 Å². The maximum absolute atomic E-state index is 12.2. The molecule has 0 aromatic heterocycles. The smallest absolute Gasteiger partial charge is 0.223 e. The van der Waals surface area contributed by atoms with Crippen molar-refractivity contribution in [3.05, 3.63) is 23.8 Å². The van der Waals surface area contributed by atoms with Gasteiger partial charge < -0.3 is 10.2 Å². The van der Waals surface area contributed by atoms with Crippen molar-refractivity contribution in [3.63, 3.8) is 0 Å². The third-order valence-corrected chi connectivity index (χ3v) is 3.75. The number of carbonyl (C=O) groups excluding carboxylic acids is 2. The average molecular weight is 337 g/mol. The second-order valence-electron chi connectivity index (χ2n) is 6.48. The van der Waals surface area contributed by atoms with Gasteiger partial charge in [-0.2, -0.15) is 0 Å². The molecule has 1 N–H and O–H groups in total. The zero-order chi connectivity index (χ0) is 18.4. The molecule has 0 saturated heterocycles. The first-order valence-corrected chi connectivity index (χ1v) is 9.32. The van der Waals surface area contributed by atoms with Gasteiger partial charge in [0.15, 0.2) is 0 Å². The maximum atomic E-state index is 12.2. The fourth-order valence-corrected chi connectivity index (χ4v) is 2.22. The lowest BCUT2D eigenvalue weighted by Crippen LogP contribution is -2.34. The first kappa shape index (κ1) is 22.4. The van der Waals surface area contributed by atoms with E-state index >= 15 is 0 Å². The van der Waals surface area contributed by atoms with Gasteiger partial charge in [0.1, 0.15) is 0 Å². The van der Waals surface area contributed by atoms with Crippen LogP contribution < -0.4 is 5.32 Å². The van der Waals surface area contributed by atoms with E-state index in [1.54, 1.807) is 0 Å². The molecule has 0 aliphatic carbocycles. The fourth-order valence-electron chi connectivity index (χ4n) is 2.22. The van der Waals surface area contributed by atoms with Crippen LogP contribution in [0, 0.1) is 5.92 Å². The number of nitrogens with one attached hydrogen (secondary N) is 1. The topological polar surface area (TPSA) is 49.4 Å². The van der Waals surface area contributed by atoms with Gasteiger partial charge in [-0.05, 0) is 31.3 Å². The predicted octanol–water partition coefficient (Wildman–Crippen LogP) is 4.08. The zero-order valence-electron chi connectivity index (χ0n) is 16.2. The Bertz CT molecular complexity index is 425. The summed E-state index contributed by atoms with van der Waals surface area (Å²) in [4.78, 5) is 26.1. The number of nitrogens with zero attached hydrogens (tertiary/aromatic N) is 1. The van der Waals surface area contributed by atoms with Crippen LogP contribution in [0.25, 0.3) is 0 Å². The molecule has 138 valence electrons. The minimum absolute atomic E-state index is 0.0624. The summed E-state index contributed by atoms with van der Waals surface area (Å²) >= 11 is 0. The van der Waals surface area contributed by atoms with E-state index in [2.05, 4.69) is 39.1 Å². The molecule has 0 spiro atoms. The van der Waals surface area contributed by atoms with Crippen molar-refractivity contribution in [2.45, 2.75) is 66.7 Å². The van der Waals surface area contributed by atoms with Gasteiger partial charge in [-0.25, -0.2) is 0 Å². The molecule has 0 aliphatic heterocycles. The Labute approximate surface area is 148 Å². The highest BCUT2D eigenvalue weighted by Crippen LogP contribution is 2.04. The van der Waals surface area contributed by atoms with E-state index in [4.69, 9.17) is 0 Å². The van der Waals surface area contributed by atoms with Crippen LogP contribution >= 0.6 is 0 Å². The Morgan fingerprint density at radius 3 is 2.33 bits per heavy atom. The van der Waals surface area contributed by atoms with Gasteiger partial charge in [0.05, 0.1) is 0 Å². The maximum Gasteiger partial charge on any atom is 0.223 e. The zero-order valence-corrected chi connectivity index (χ0v) is 16.2. The van der Waals surface area contributed by atoms with Crippen LogP contribution in [0.3, 0.4) is 0 Å². The molecule has 0 unspecified atom stereocenters. The van der Waals surface area contributed by atoms with E-state index in [-0.39, 0.29) is 18.2 Å². The largest absolute Gasteiger partial charge is 0.352 e. The molecule has 0 atom stereocenters. The highest BCUT2D eigenvalue weighted by Gasteiger charge is 2.13. The molecule has 4 nitrogen and oxygen atoms in total. The quantitative estimate of drug-likeness (QED) is 0.546. The van der Waals surface area contributed by atoms with E-state index in [1.165, 1.54) is 0 Å². The van der Waals surface area contributed by atoms with Gasteiger partial charge in [0.25, 0.3) is 0 Å². The lowest BCUT2D eigenvalue weighted by atomic mass is 10.1. The Kier molecular flexibility index (Phi) is 12.9. The summed E-state index contributed by atoms with van der Waals surface area (Å²) in [5.41, 5.74) is 1.08. The molecule has 0 rings (SSSR count). The molecule has 2 amide bonds. The van der Waals surface area contributed by atoms with Crippen molar-refractivity contribution in [2.24, 2.45) is 5.92 Å². The van der Waals surface area contributed by atoms with Crippen molar-refractivity contribution in [2.75, 3.05) is 19.6 Å². The summed E-state index contributed by atoms with van der Waals surface area (Å²) in [5.74, 6) is 0.514. The lowest BCUT2D eigenvalue weighted by Gasteiger charge is -2.21. The number of amides is 2. The standard InChI is InChI=1S/C20H36N2O2/c1-6-9-15-22(14-7-2)20(24)13-12-19(23)21-16-18(8-3)11-10-17(4)5/h8,10-11,17H,6-7,9,12-16H2,1-5H3,(H,21,23)/b11-10-,18-8+. The molecule has 0 bridgehead atoms. The van der Waals surface area contributed by atoms with Gasteiger partial charge >= 0.3 is 0 Å². The minimum atomic E-state index is -0.0624. The van der Waals surface area contributed by atoms with Gasteiger partial charge in [-0.15, -0.1) is 0 Å². The summed E-state index contributed by atoms with van der Waals surface area (Å²) in [6.07, 6.45) is 9.76. The first-order chi connectivity index (χ1) is 11.4. The number of rotatable bonds is 12. The highest BCUT2D eigenvalue weighted by atomic mass is 16.2. The van der Waals surface area contributed by atoms with Crippen LogP contribution in [-0.2, 0) is 9.59 Å². The number of hydrogen-bond acceptors (Lipinski definition) is 2. The molecule has 0 radical (unpaired) electrons. The highest BCUT2D eigenvalue weighted by molar-refractivity contribution is 5.83. The van der Waals surface area contributed by atoms with Crippen LogP contribution in [0.5, 0.6) is 0 Å². The number of carbonyl (C=O) groups is 2. The molecular formula is C20H36N2O2. The van der Waals surface area contributed by atoms with Crippen molar-refractivity contribution < 1.29 is 9.59 Å². The first-order valence-electron chi connectivity index (χ1n) is 9.32. The Balaban J connectivity index is 4.24. The normalized spacial score (nSPS) is 12.0. The molecular weight excluding hydrogens is 300 g/mol. The summed E-state index contributed by atoms with van der Waals surface area (Å²) in [6.45, 7) is 12.5. The van der Waals surface area contributed by atoms with Crippen molar-refractivity contribution in [3.8, 4) is 0 Å². The lowest BCUT2D eigenvalue weighted by molar-refractivity contribution is -0.133. The molecule has 0 aromatic rings. The van der Waals surface area contributed by atoms with Crippen LogP contribution in [-0.4, -0.2) is 36.3 Å². The van der Waals surface area contributed by atoms with Crippen LogP contribution in [0.1, 0.15) is 66.7 Å². The molecule has 4 heteroatoms. The summed E-state index contributed by atoms with van der Waals surface area (Å²) in [6, 6.07) is 0. The second kappa shape index (κ2) is 13.8. The molecule has 0 aliphatic rings. The van der Waals surface area contributed by atoms with E-state index in [0.717, 1.165) is 37.9 Å². The SMILES string of the molecule is C/C=C(\C=C/C(C)C)CNC(=O)CCC(=O)N(CCC)CCCC. The van der Waals surface area contributed by atoms with Gasteiger partial charge in [0.2, 0.25) is 11.8 Å². The number of unbranched alkanes of at least 4 members (excludes halogenated alkanes) is 1. The van der Waals surface area contributed by atoms with Gasteiger partial charge in [-0.3, -0.25) is 9.59 Å². The van der Waals surface area contributed by atoms with E-state index < -0.39 is 0 Å². The molecule has 0 aromatic carbocycles. The fraction of sp³-hybridized carbons (Fsp3) is 0.700. The summed E-state index contributed by atoms with van der Waals surface area (Å²) in [5, 5.41) is 2.90. The molecule has 24 heavy (non-hydrogen) atoms. The number of hydrogen-bond donors (Lipinski definition) is 1. The van der Waals surface area contributed by atoms with E-state index in [0.29, 0.717) is 18.9 Å². The van der Waals surface area contributed by atoms with E-state index in [1.807, 2.05) is 24.0 Å². The third-order valence-electron chi connectivity index (χ3n) is 3.75. The number of allylic oxidation sites excluding steroid dienone is 2. The summed E-state index contributed by atoms with van der Waals surface area (Å²) in [7, 11) is 0. The van der Waals surface area contributed by atoms with Crippen molar-refractivity contribution in [1.29, 1.82) is 0 Å². The molecule has 0 heterocycles. The van der Waals surface area contributed by atoms with Gasteiger partial charge in [-0.1, -0.05) is 52.3 Å². The van der Waals surface area contributed by atoms with Gasteiger partial charge in [0, 0.05) is 32.5 Å². The molecule has 0 fully saturated rings. The Morgan fingerprint density at radius 1 is 1.08 bits per heavy atom. The van der Waals surface area contributed by atoms with E-state index in [9.17, 15) is 9.59 Å². The minimum Gasteiger partial charge on any atom is -0.352 e. The Hall–Kier alpha value is -1.58. The van der Waals surface area contributed by atoms with Crippen molar-refractivity contribution in [1.82, 2.24) is 10.2 Å². The molecule has 0 saturated carbocycles. The predicted molar refractivity (Wildman–Crippen MR) is 102 cm³/mol.